The van der Waals surface area contributed by atoms with Crippen LogP contribution < -0.4 is 10.6 Å². The number of aliphatic imine (C=N–C) groups is 1. The van der Waals surface area contributed by atoms with Gasteiger partial charge in [-0.15, -0.1) is 0 Å². The van der Waals surface area contributed by atoms with E-state index in [9.17, 15) is 22.8 Å². The highest BCUT2D eigenvalue weighted by Crippen LogP contribution is 2.25. The lowest BCUT2D eigenvalue weighted by Gasteiger charge is -2.25. The topological polar surface area (TPSA) is 137 Å². The van der Waals surface area contributed by atoms with E-state index >= 15 is 0 Å². The van der Waals surface area contributed by atoms with Gasteiger partial charge in [0.15, 0.2) is 9.84 Å². The zero-order valence-electron chi connectivity index (χ0n) is 23.2. The monoisotopic (exact) mass is 625 g/mol. The van der Waals surface area contributed by atoms with Crippen molar-refractivity contribution in [3.05, 3.63) is 63.6 Å². The molecule has 11 nitrogen and oxygen atoms in total. The van der Waals surface area contributed by atoms with E-state index in [2.05, 4.69) is 15.6 Å². The minimum Gasteiger partial charge on any atom is -0.443 e. The van der Waals surface area contributed by atoms with Crippen LogP contribution in [0.1, 0.15) is 31.9 Å². The number of nitrogens with one attached hydrogen (secondary N) is 2. The molecule has 0 saturated carbocycles. The van der Waals surface area contributed by atoms with E-state index in [1.807, 2.05) is 24.3 Å². The predicted octanol–water partition coefficient (Wildman–Crippen LogP) is 3.09. The van der Waals surface area contributed by atoms with Crippen LogP contribution in [0.2, 0.25) is 10.0 Å². The number of likely N-dealkylation sites (N-methyl/N-ethyl adjacent to an activating group) is 1. The molecule has 222 valence electrons. The molecular weight excluding hydrogens is 593 g/mol. The second-order valence-corrected chi connectivity index (χ2v) is 13.1. The summed E-state index contributed by atoms with van der Waals surface area (Å²) in [5.41, 5.74) is 0.979. The van der Waals surface area contributed by atoms with Crippen LogP contribution >= 0.6 is 23.2 Å². The summed E-state index contributed by atoms with van der Waals surface area (Å²) < 4.78 is 30.4. The Hall–Kier alpha value is -3.19. The first-order valence-electron chi connectivity index (χ1n) is 12.7. The molecular formula is C27H33Cl2N5O6S. The van der Waals surface area contributed by atoms with Gasteiger partial charge in [0.25, 0.3) is 0 Å². The van der Waals surface area contributed by atoms with Crippen molar-refractivity contribution in [2.75, 3.05) is 39.1 Å². The molecule has 1 heterocycles. The molecule has 0 bridgehead atoms. The molecule has 0 radical (unpaired) electrons. The largest absolute Gasteiger partial charge is 0.443 e. The predicted molar refractivity (Wildman–Crippen MR) is 157 cm³/mol. The summed E-state index contributed by atoms with van der Waals surface area (Å²) in [5.74, 6) is -0.858. The highest BCUT2D eigenvalue weighted by Gasteiger charge is 2.29. The first-order chi connectivity index (χ1) is 19.2. The standard InChI is InChI=1S/C27H33Cl2N5O6S/c1-27(2,3)40-26(37)34-12-11-31-25(34)19-7-5-18(6-8-19)16-33(4)24(36)15-32-23(35)14-30-17-41(38,39)22-10-9-20(28)13-21(22)29/h5-10,13,30H,11-12,14-17H2,1-4H3,(H,32,35). The van der Waals surface area contributed by atoms with E-state index in [1.54, 1.807) is 27.8 Å². The maximum Gasteiger partial charge on any atom is 0.416 e. The maximum absolute atomic E-state index is 12.5. The fraction of sp³-hybridized carbons (Fsp3) is 0.407. The minimum atomic E-state index is -3.80. The molecule has 41 heavy (non-hydrogen) atoms. The fourth-order valence-electron chi connectivity index (χ4n) is 3.79. The summed E-state index contributed by atoms with van der Waals surface area (Å²) in [6.45, 7) is 6.06. The molecule has 1 aliphatic heterocycles. The summed E-state index contributed by atoms with van der Waals surface area (Å²) in [5, 5.41) is 5.32. The van der Waals surface area contributed by atoms with Gasteiger partial charge in [0.05, 0.1) is 36.1 Å². The number of carbonyl (C=O) groups is 3. The average molecular weight is 627 g/mol. The van der Waals surface area contributed by atoms with Crippen molar-refractivity contribution < 1.29 is 27.5 Å². The van der Waals surface area contributed by atoms with E-state index in [0.29, 0.717) is 23.9 Å². The Morgan fingerprint density at radius 3 is 2.39 bits per heavy atom. The fourth-order valence-corrected chi connectivity index (χ4v) is 5.70. The van der Waals surface area contributed by atoms with E-state index in [-0.39, 0.29) is 35.5 Å². The van der Waals surface area contributed by atoms with Gasteiger partial charge in [-0.05, 0) is 44.5 Å². The summed E-state index contributed by atoms with van der Waals surface area (Å²) >= 11 is 11.8. The van der Waals surface area contributed by atoms with Crippen LogP contribution in [0, 0.1) is 0 Å². The Kier molecular flexibility index (Phi) is 10.8. The molecule has 0 saturated heterocycles. The molecule has 0 aliphatic carbocycles. The summed E-state index contributed by atoms with van der Waals surface area (Å²) in [7, 11) is -2.19. The molecule has 2 aromatic carbocycles. The number of hydrogen-bond acceptors (Lipinski definition) is 8. The van der Waals surface area contributed by atoms with E-state index in [1.165, 1.54) is 28.0 Å². The molecule has 0 aromatic heterocycles. The molecule has 0 spiro atoms. The van der Waals surface area contributed by atoms with Gasteiger partial charge in [0.1, 0.15) is 17.3 Å². The molecule has 1 aliphatic rings. The van der Waals surface area contributed by atoms with Gasteiger partial charge in [-0.1, -0.05) is 47.5 Å². The third-order valence-corrected chi connectivity index (χ3v) is 8.03. The van der Waals surface area contributed by atoms with Crippen LogP contribution in [0.3, 0.4) is 0 Å². The Labute approximate surface area is 249 Å². The van der Waals surface area contributed by atoms with Crippen molar-refractivity contribution in [3.8, 4) is 0 Å². The normalized spacial score (nSPS) is 13.5. The highest BCUT2D eigenvalue weighted by molar-refractivity contribution is 7.91. The summed E-state index contributed by atoms with van der Waals surface area (Å²) in [6, 6.07) is 11.4. The van der Waals surface area contributed by atoms with Gasteiger partial charge in [0.2, 0.25) is 11.8 Å². The molecule has 0 atom stereocenters. The van der Waals surface area contributed by atoms with E-state index in [0.717, 1.165) is 11.1 Å². The lowest BCUT2D eigenvalue weighted by atomic mass is 10.1. The van der Waals surface area contributed by atoms with Crippen LogP contribution in [0.15, 0.2) is 52.4 Å². The number of nitrogens with zero attached hydrogens (tertiary/aromatic N) is 3. The smallest absolute Gasteiger partial charge is 0.416 e. The molecule has 2 aromatic rings. The molecule has 2 N–H and O–H groups in total. The molecule has 3 amide bonds. The Balaban J connectivity index is 1.44. The van der Waals surface area contributed by atoms with Crippen LogP contribution in [-0.2, 0) is 30.7 Å². The van der Waals surface area contributed by atoms with Crippen molar-refractivity contribution in [3.63, 3.8) is 0 Å². The first-order valence-corrected chi connectivity index (χ1v) is 15.1. The second-order valence-electron chi connectivity index (χ2n) is 10.3. The maximum atomic E-state index is 12.5. The molecule has 0 unspecified atom stereocenters. The molecule has 3 rings (SSSR count). The van der Waals surface area contributed by atoms with Crippen molar-refractivity contribution in [2.45, 2.75) is 37.8 Å². The zero-order chi connectivity index (χ0) is 30.4. The number of hydrogen-bond donors (Lipinski definition) is 2. The van der Waals surface area contributed by atoms with Gasteiger partial charge >= 0.3 is 6.09 Å². The number of sulfone groups is 1. The van der Waals surface area contributed by atoms with Crippen LogP contribution in [0.4, 0.5) is 4.79 Å². The number of ether oxygens (including phenoxy) is 1. The van der Waals surface area contributed by atoms with Crippen molar-refractivity contribution in [1.82, 2.24) is 20.4 Å². The number of carbonyl (C=O) groups excluding carboxylic acids is 3. The summed E-state index contributed by atoms with van der Waals surface area (Å²) in [6.07, 6.45) is -0.451. The first kappa shape index (κ1) is 32.3. The third-order valence-electron chi connectivity index (χ3n) is 5.76. The number of rotatable bonds is 10. The van der Waals surface area contributed by atoms with Gasteiger partial charge < -0.3 is 15.0 Å². The third kappa shape index (κ3) is 9.42. The molecule has 0 fully saturated rings. The van der Waals surface area contributed by atoms with Crippen LogP contribution in [0.25, 0.3) is 0 Å². The van der Waals surface area contributed by atoms with Crippen molar-refractivity contribution >= 4 is 56.8 Å². The lowest BCUT2D eigenvalue weighted by Crippen LogP contribution is -2.42. The van der Waals surface area contributed by atoms with Crippen molar-refractivity contribution in [1.29, 1.82) is 0 Å². The number of benzene rings is 2. The SMILES string of the molecule is CN(Cc1ccc(C2=NCCN2C(=O)OC(C)(C)C)cc1)C(=O)CNC(=O)CNCS(=O)(=O)c1ccc(Cl)cc1Cl. The number of amidine groups is 1. The second kappa shape index (κ2) is 13.6. The van der Waals surface area contributed by atoms with E-state index < -0.39 is 33.3 Å². The van der Waals surface area contributed by atoms with Crippen LogP contribution in [-0.4, -0.2) is 86.7 Å². The quantitative estimate of drug-likeness (QED) is 0.414. The number of halogens is 2. The van der Waals surface area contributed by atoms with Gasteiger partial charge in [-0.2, -0.15) is 0 Å². The van der Waals surface area contributed by atoms with Gasteiger partial charge in [-0.3, -0.25) is 24.8 Å². The average Bonchev–Trinajstić information content (AvgIpc) is 3.36. The Bertz CT molecular complexity index is 1420. The van der Waals surface area contributed by atoms with E-state index in [4.69, 9.17) is 27.9 Å². The minimum absolute atomic E-state index is 0.0120. The Morgan fingerprint density at radius 1 is 1.07 bits per heavy atom. The highest BCUT2D eigenvalue weighted by atomic mass is 35.5. The lowest BCUT2D eigenvalue weighted by molar-refractivity contribution is -0.132. The van der Waals surface area contributed by atoms with Crippen molar-refractivity contribution in [2.24, 2.45) is 4.99 Å². The van der Waals surface area contributed by atoms with Gasteiger partial charge in [0, 0.05) is 24.2 Å². The Morgan fingerprint density at radius 2 is 1.76 bits per heavy atom. The summed E-state index contributed by atoms with van der Waals surface area (Å²) in [4.78, 5) is 44.5. The van der Waals surface area contributed by atoms with Gasteiger partial charge in [-0.25, -0.2) is 13.2 Å². The number of amides is 3. The zero-order valence-corrected chi connectivity index (χ0v) is 25.6. The molecule has 14 heteroatoms. The van der Waals surface area contributed by atoms with Crippen LogP contribution in [0.5, 0.6) is 0 Å².